The summed E-state index contributed by atoms with van der Waals surface area (Å²) in [6, 6.07) is 7.99. The Morgan fingerprint density at radius 2 is 0.523 bits per heavy atom. The minimum absolute atomic E-state index is 0.233. The van der Waals surface area contributed by atoms with Crippen LogP contribution >= 0.6 is 0 Å². The molecule has 0 aliphatic carbocycles. The summed E-state index contributed by atoms with van der Waals surface area (Å²) in [4.78, 5) is 210. The van der Waals surface area contributed by atoms with Crippen LogP contribution in [0.15, 0.2) is 30.3 Å². The fourth-order valence-electron chi connectivity index (χ4n) is 12.3. The number of ether oxygens (including phenoxy) is 25. The van der Waals surface area contributed by atoms with Crippen molar-refractivity contribution in [2.24, 2.45) is 5.92 Å². The Balaban J connectivity index is 1.59. The molecule has 5 aliphatic rings. The predicted octanol–water partition coefficient (Wildman–Crippen LogP) is -0.885. The van der Waals surface area contributed by atoms with E-state index in [2.05, 4.69) is 5.32 Å². The van der Waals surface area contributed by atoms with Crippen LogP contribution in [0.2, 0.25) is 0 Å². The van der Waals surface area contributed by atoms with Crippen molar-refractivity contribution in [1.82, 2.24) is 5.32 Å². The lowest BCUT2D eigenvalue weighted by Gasteiger charge is -2.52. The molecule has 0 aromatic heterocycles. The van der Waals surface area contributed by atoms with Gasteiger partial charge in [0, 0.05) is 110 Å². The van der Waals surface area contributed by atoms with E-state index in [4.69, 9.17) is 118 Å². The molecule has 42 heteroatoms. The molecule has 1 aromatic carbocycles. The number of carbonyl (C=O) groups is 16. The maximum absolute atomic E-state index is 14.0. The average Bonchev–Trinajstić information content (AvgIpc) is 0.759. The summed E-state index contributed by atoms with van der Waals surface area (Å²) < 4.78 is 149. The van der Waals surface area contributed by atoms with Gasteiger partial charge in [0.1, 0.15) is 93.7 Å². The highest BCUT2D eigenvalue weighted by atomic mass is 16.8. The predicted molar refractivity (Wildman–Crippen MR) is 351 cm³/mol. The van der Waals surface area contributed by atoms with Gasteiger partial charge in [0.15, 0.2) is 99.0 Å². The van der Waals surface area contributed by atoms with Gasteiger partial charge < -0.3 is 124 Å². The molecule has 5 heterocycles. The van der Waals surface area contributed by atoms with E-state index >= 15 is 0 Å². The van der Waals surface area contributed by atoms with Crippen molar-refractivity contribution in [3.8, 4) is 5.75 Å². The van der Waals surface area contributed by atoms with Crippen molar-refractivity contribution in [3.05, 3.63) is 30.3 Å². The summed E-state index contributed by atoms with van der Waals surface area (Å²) in [6.07, 6.45) is -47.9. The Hall–Kier alpha value is -9.82. The number of benzene rings is 1. The largest absolute Gasteiger partial charge is 0.484 e. The molecule has 6 rings (SSSR count). The highest BCUT2D eigenvalue weighted by Crippen LogP contribution is 2.42. The first-order chi connectivity index (χ1) is 52.2. The first-order valence-corrected chi connectivity index (χ1v) is 34.5. The number of rotatable bonds is 32. The van der Waals surface area contributed by atoms with Crippen LogP contribution in [0.1, 0.15) is 111 Å². The molecule has 1 amide bonds. The van der Waals surface area contributed by atoms with Crippen molar-refractivity contribution < 1.29 is 195 Å². The van der Waals surface area contributed by atoms with Gasteiger partial charge >= 0.3 is 89.5 Å². The van der Waals surface area contributed by atoms with Crippen molar-refractivity contribution in [2.75, 3.05) is 39.6 Å². The third kappa shape index (κ3) is 27.3. The van der Waals surface area contributed by atoms with Gasteiger partial charge in [-0.3, -0.25) is 76.7 Å². The summed E-state index contributed by atoms with van der Waals surface area (Å²) in [6.45, 7) is 10.4. The second-order valence-corrected chi connectivity index (χ2v) is 25.5. The lowest BCUT2D eigenvalue weighted by atomic mass is 9.90. The van der Waals surface area contributed by atoms with Crippen LogP contribution in [0.4, 0.5) is 0 Å². The lowest BCUT2D eigenvalue weighted by Crippen LogP contribution is -2.70. The SMILES string of the molecule is CC(=O)OCC1O[C@@H](OC2[C@H](NC(=O)COc3ccccc3)OC(COC(C)=O)[C@H](OC(C)=O)[C@@H]2OC(C)=O)C(C)[C@@H](O[C@@H]2OC(COC(C)=O)[C@H](OC(C)=O)[C@H](O[C@@H]3OC(COC(C)=O)[C@H](OC(C)=O)[C@H](O[C@@H]4OC(COC(C)=O)[C@H](OC(C)=O)[C@H](OC(C)=O)C4OC(C)=O)C3OC(C)=O)C2OC(C)=O)[C@H]1OC(C)=O. The summed E-state index contributed by atoms with van der Waals surface area (Å²) in [7, 11) is 0. The van der Waals surface area contributed by atoms with E-state index in [1.165, 1.54) is 19.1 Å². The number of hydrogen-bond donors (Lipinski definition) is 1. The minimum atomic E-state index is -2.39. The van der Waals surface area contributed by atoms with E-state index in [0.717, 1.165) is 104 Å². The second-order valence-electron chi connectivity index (χ2n) is 25.5. The number of para-hydroxylation sites is 1. The monoisotopic (exact) mass is 1590 g/mol. The van der Waals surface area contributed by atoms with Crippen molar-refractivity contribution in [2.45, 2.75) is 258 Å². The molecule has 42 nitrogen and oxygen atoms in total. The molecular weight excluding hydrogens is 1500 g/mol. The maximum atomic E-state index is 14.0. The summed E-state index contributed by atoms with van der Waals surface area (Å²) in [5.41, 5.74) is 0. The second kappa shape index (κ2) is 42.0. The smallest absolute Gasteiger partial charge is 0.303 e. The zero-order valence-corrected chi connectivity index (χ0v) is 63.3. The molecule has 10 unspecified atom stereocenters. The van der Waals surface area contributed by atoms with Crippen molar-refractivity contribution >= 4 is 95.4 Å². The van der Waals surface area contributed by atoms with E-state index < -0.39 is 288 Å². The Labute approximate surface area is 633 Å². The molecule has 1 aromatic rings. The topological polar surface area (TPSA) is 516 Å². The van der Waals surface area contributed by atoms with Crippen LogP contribution in [0.5, 0.6) is 5.75 Å². The van der Waals surface area contributed by atoms with Crippen molar-refractivity contribution in [3.63, 3.8) is 0 Å². The zero-order valence-electron chi connectivity index (χ0n) is 63.3. The Morgan fingerprint density at radius 1 is 0.279 bits per heavy atom. The number of nitrogens with one attached hydrogen (secondary N) is 1. The normalized spacial score (nSPS) is 31.5. The summed E-state index contributed by atoms with van der Waals surface area (Å²) >= 11 is 0. The standard InChI is InChI=1S/C69H91NO41/c1-28-51(52(93-34(7)76)46(23-88-30(3)72)104-66(28)111-61-57(98-39(12)81)53(94-35(8)77)45(22-87-29(2)71)103-65(61)70-50(86)27-92-44-20-18-17-19-21-44)108-67-63(101-42(15)84)59(55(96-37(10)79)48(105-67)25-90-32(5)74)110-69-64(102-43(16)85)60(56(97-38(11)80)49(107-69)26-91-33(6)75)109-68-62(100-41(14)83)58(99-40(13)82)54(95-36(9)78)47(106-68)24-89-31(4)73/h17-21,28,45-49,51-69H,22-27H2,1-16H3,(H,70,86)/t28?,45?,46?,47?,48?,49?,51-,52+,53+,54+,55+,56+,57+,58+,59+,60+,61?,62?,63?,64?,65-,66+,67+,68+,69+/m1/s1. The van der Waals surface area contributed by atoms with Gasteiger partial charge in [0.05, 0.1) is 0 Å². The molecule has 5 saturated heterocycles. The molecule has 5 aliphatic heterocycles. The Kier molecular flexibility index (Phi) is 34.1. The fourth-order valence-corrected chi connectivity index (χ4v) is 12.3. The number of carbonyl (C=O) groups excluding carboxylic acids is 16. The van der Waals surface area contributed by atoms with Gasteiger partial charge in [0.25, 0.3) is 5.91 Å². The van der Waals surface area contributed by atoms with Crippen LogP contribution < -0.4 is 10.1 Å². The minimum Gasteiger partial charge on any atom is -0.484 e. The van der Waals surface area contributed by atoms with Crippen LogP contribution in [0, 0.1) is 5.92 Å². The molecule has 5 fully saturated rings. The molecule has 0 spiro atoms. The Morgan fingerprint density at radius 3 is 0.838 bits per heavy atom. The molecule has 0 bridgehead atoms. The van der Waals surface area contributed by atoms with Gasteiger partial charge in [-0.2, -0.15) is 0 Å². The highest BCUT2D eigenvalue weighted by molar-refractivity contribution is 5.78. The van der Waals surface area contributed by atoms with E-state index in [1.807, 2.05) is 0 Å². The average molecular weight is 1590 g/mol. The van der Waals surface area contributed by atoms with E-state index in [1.54, 1.807) is 18.2 Å². The molecule has 111 heavy (non-hydrogen) atoms. The summed E-state index contributed by atoms with van der Waals surface area (Å²) in [5.74, 6) is -18.1. The zero-order chi connectivity index (χ0) is 82.4. The van der Waals surface area contributed by atoms with Gasteiger partial charge in [0.2, 0.25) is 0 Å². The first-order valence-electron chi connectivity index (χ1n) is 34.5. The number of amides is 1. The third-order valence-electron chi connectivity index (χ3n) is 16.2. The van der Waals surface area contributed by atoms with E-state index in [9.17, 15) is 76.7 Å². The summed E-state index contributed by atoms with van der Waals surface area (Å²) in [5, 5.41) is 2.58. The number of esters is 15. The van der Waals surface area contributed by atoms with Gasteiger partial charge in [-0.1, -0.05) is 25.1 Å². The fraction of sp³-hybridized carbons (Fsp3) is 0.681. The van der Waals surface area contributed by atoms with Crippen LogP contribution in [0.25, 0.3) is 0 Å². The molecular formula is C69H91NO41. The third-order valence-corrected chi connectivity index (χ3v) is 16.2. The van der Waals surface area contributed by atoms with Crippen LogP contribution in [-0.2, 0) is 190 Å². The molecule has 0 saturated carbocycles. The van der Waals surface area contributed by atoms with Gasteiger partial charge in [-0.25, -0.2) is 0 Å². The first kappa shape index (κ1) is 90.1. The van der Waals surface area contributed by atoms with Crippen LogP contribution in [0.3, 0.4) is 0 Å². The van der Waals surface area contributed by atoms with Gasteiger partial charge in [-0.05, 0) is 12.1 Å². The highest BCUT2D eigenvalue weighted by Gasteiger charge is 2.63. The molecule has 618 valence electrons. The lowest BCUT2D eigenvalue weighted by molar-refractivity contribution is -0.391. The molecule has 25 atom stereocenters. The van der Waals surface area contributed by atoms with Crippen molar-refractivity contribution in [1.29, 1.82) is 0 Å². The quantitative estimate of drug-likeness (QED) is 0.0676. The van der Waals surface area contributed by atoms with E-state index in [-0.39, 0.29) is 5.75 Å². The van der Waals surface area contributed by atoms with Gasteiger partial charge in [-0.15, -0.1) is 0 Å². The maximum Gasteiger partial charge on any atom is 0.303 e. The molecule has 1 N–H and O–H groups in total. The Bertz CT molecular complexity index is 3480. The van der Waals surface area contributed by atoms with E-state index in [0.29, 0.717) is 0 Å². The number of hydrogen-bond acceptors (Lipinski definition) is 41. The van der Waals surface area contributed by atoms with Crippen LogP contribution in [-0.4, -0.2) is 282 Å². The molecule has 0 radical (unpaired) electrons.